The molecule has 5 rings (SSSR count). The number of benzene rings is 2. The monoisotopic (exact) mass is 924 g/mol. The SMILES string of the molecule is CC1(C)C(=CC=CC=CC2=[N+](CCCCCC(=O)NCCCCCCCCNC(=O)NC(N)=NCCCc3cnc[nH]3)C(C)(C)c3ccccc32)N(CCCCS(=O)(=O)[O-])c2ccccc21. The number of carbonyl (C=O) groups excluding carboxylic acids is 2. The number of nitrogens with one attached hydrogen (secondary N) is 4. The number of nitrogens with two attached hydrogens (primary N) is 1. The number of aromatic nitrogens is 2. The molecule has 2 aliphatic heterocycles. The smallest absolute Gasteiger partial charge is 0.321 e. The van der Waals surface area contributed by atoms with Crippen molar-refractivity contribution < 1.29 is 27.1 Å². The molecule has 3 heterocycles. The fraction of sp³-hybridized carbons (Fsp3) is 0.510. The number of nitrogens with zero attached hydrogens (tertiary/aromatic N) is 4. The number of hydrogen-bond acceptors (Lipinski definition) is 8. The molecule has 66 heavy (non-hydrogen) atoms. The van der Waals surface area contributed by atoms with Crippen LogP contribution in [-0.4, -0.2) is 89.6 Å². The molecule has 0 saturated heterocycles. The van der Waals surface area contributed by atoms with Gasteiger partial charge in [0.1, 0.15) is 6.54 Å². The van der Waals surface area contributed by atoms with Gasteiger partial charge in [-0.1, -0.05) is 94.2 Å². The standard InChI is InChI=1S/C51H73N9O5S/c1-50(2)43-27-16-17-29-45(43)59(35-21-22-37-66(63,64)65)46(50)30-12-9-11-28-44-41-25-14-15-26-42(41)51(3,4)60(44)36-20-10-13-31-47(61)54-32-18-7-5-6-8-19-33-56-49(62)58-48(52)55-34-23-24-40-38-53-39-57-40/h9,11-12,14-17,25-30,38-39H,5-8,10,13,18-24,31-37H2,1-4H3,(H6-,52,53,54,55,56,57,58,61,62,63,64,65). The van der Waals surface area contributed by atoms with E-state index in [1.54, 1.807) is 12.5 Å². The maximum Gasteiger partial charge on any atom is 0.321 e. The van der Waals surface area contributed by atoms with Gasteiger partial charge in [0, 0.05) is 99.0 Å². The number of aromatic amines is 1. The fourth-order valence-electron chi connectivity index (χ4n) is 9.00. The number of anilines is 1. The number of para-hydroxylation sites is 1. The Bertz CT molecular complexity index is 2310. The van der Waals surface area contributed by atoms with Crippen LogP contribution in [0.4, 0.5) is 10.5 Å². The van der Waals surface area contributed by atoms with E-state index in [9.17, 15) is 22.6 Å². The van der Waals surface area contributed by atoms with Crippen LogP contribution in [0.25, 0.3) is 0 Å². The van der Waals surface area contributed by atoms with Crippen molar-refractivity contribution in [2.24, 2.45) is 10.7 Å². The van der Waals surface area contributed by atoms with Gasteiger partial charge in [-0.3, -0.25) is 15.1 Å². The van der Waals surface area contributed by atoms with Crippen LogP contribution in [0, 0.1) is 0 Å². The lowest BCUT2D eigenvalue weighted by molar-refractivity contribution is -0.604. The van der Waals surface area contributed by atoms with Crippen LogP contribution in [0.3, 0.4) is 0 Å². The van der Waals surface area contributed by atoms with Gasteiger partial charge in [-0.2, -0.15) is 0 Å². The van der Waals surface area contributed by atoms with Gasteiger partial charge in [0.05, 0.1) is 22.0 Å². The maximum atomic E-state index is 12.6. The van der Waals surface area contributed by atoms with Gasteiger partial charge < -0.3 is 30.8 Å². The van der Waals surface area contributed by atoms with Gasteiger partial charge >= 0.3 is 6.03 Å². The molecular weight excluding hydrogens is 851 g/mol. The maximum absolute atomic E-state index is 12.6. The van der Waals surface area contributed by atoms with Crippen LogP contribution in [-0.2, 0) is 32.3 Å². The molecule has 0 aliphatic carbocycles. The lowest BCUT2D eigenvalue weighted by atomic mass is 9.84. The van der Waals surface area contributed by atoms with E-state index in [1.165, 1.54) is 22.4 Å². The summed E-state index contributed by atoms with van der Waals surface area (Å²) in [5.41, 5.74) is 13.7. The summed E-state index contributed by atoms with van der Waals surface area (Å²) in [7, 11) is -4.23. The van der Waals surface area contributed by atoms with Crippen molar-refractivity contribution in [2.45, 2.75) is 129 Å². The molecule has 2 aliphatic rings. The number of fused-ring (bicyclic) bond motifs is 2. The number of guanidine groups is 1. The lowest BCUT2D eigenvalue weighted by Crippen LogP contribution is -2.43. The normalized spacial score (nSPS) is 16.1. The molecule has 15 heteroatoms. The minimum Gasteiger partial charge on any atom is -0.748 e. The summed E-state index contributed by atoms with van der Waals surface area (Å²) in [5, 5.41) is 8.51. The van der Waals surface area contributed by atoms with E-state index in [0.717, 1.165) is 94.3 Å². The highest BCUT2D eigenvalue weighted by Crippen LogP contribution is 2.47. The number of H-pyrrole nitrogens is 1. The van der Waals surface area contributed by atoms with E-state index in [2.05, 4.69) is 141 Å². The molecule has 358 valence electrons. The lowest BCUT2D eigenvalue weighted by Gasteiger charge is -2.27. The van der Waals surface area contributed by atoms with Gasteiger partial charge in [-0.15, -0.1) is 0 Å². The van der Waals surface area contributed by atoms with Crippen molar-refractivity contribution in [1.82, 2.24) is 25.9 Å². The molecule has 0 unspecified atom stereocenters. The quantitative estimate of drug-likeness (QED) is 0.0127. The van der Waals surface area contributed by atoms with Gasteiger partial charge in [0.15, 0.2) is 11.5 Å². The summed E-state index contributed by atoms with van der Waals surface area (Å²) in [5.74, 6) is -0.108. The van der Waals surface area contributed by atoms with E-state index < -0.39 is 10.1 Å². The summed E-state index contributed by atoms with van der Waals surface area (Å²) in [6.07, 6.45) is 26.0. The summed E-state index contributed by atoms with van der Waals surface area (Å²) >= 11 is 0. The Hall–Kier alpha value is -5.54. The van der Waals surface area contributed by atoms with Crippen LogP contribution in [0.15, 0.2) is 102 Å². The van der Waals surface area contributed by atoms with E-state index in [4.69, 9.17) is 5.73 Å². The minimum absolute atomic E-state index is 0.118. The van der Waals surface area contributed by atoms with Crippen LogP contribution in [0.5, 0.6) is 0 Å². The second kappa shape index (κ2) is 25.4. The number of allylic oxidation sites excluding steroid dienone is 6. The minimum atomic E-state index is -4.23. The van der Waals surface area contributed by atoms with Gasteiger partial charge in [0.2, 0.25) is 11.6 Å². The third-order valence-electron chi connectivity index (χ3n) is 12.6. The number of urea groups is 1. The first-order chi connectivity index (χ1) is 31.7. The van der Waals surface area contributed by atoms with Crippen molar-refractivity contribution in [1.29, 1.82) is 0 Å². The van der Waals surface area contributed by atoms with Gasteiger partial charge in [-0.25, -0.2) is 22.8 Å². The number of imidazole rings is 1. The van der Waals surface area contributed by atoms with Gasteiger partial charge in [0.25, 0.3) is 0 Å². The Morgan fingerprint density at radius 1 is 0.848 bits per heavy atom. The number of hydrogen-bond donors (Lipinski definition) is 5. The number of amides is 3. The number of rotatable bonds is 27. The van der Waals surface area contributed by atoms with E-state index >= 15 is 0 Å². The molecule has 0 spiro atoms. The summed E-state index contributed by atoms with van der Waals surface area (Å²) in [6.45, 7) is 12.3. The average Bonchev–Trinajstić information content (AvgIpc) is 3.93. The number of carbonyl (C=O) groups is 2. The van der Waals surface area contributed by atoms with Crippen LogP contribution in [0.1, 0.15) is 134 Å². The van der Waals surface area contributed by atoms with E-state index in [1.807, 2.05) is 6.07 Å². The highest BCUT2D eigenvalue weighted by atomic mass is 32.2. The fourth-order valence-corrected chi connectivity index (χ4v) is 9.56. The first-order valence-electron chi connectivity index (χ1n) is 23.9. The molecule has 3 amide bonds. The molecule has 6 N–H and O–H groups in total. The highest BCUT2D eigenvalue weighted by molar-refractivity contribution is 7.85. The van der Waals surface area contributed by atoms with Crippen molar-refractivity contribution >= 4 is 39.4 Å². The summed E-state index contributed by atoms with van der Waals surface area (Å²) in [4.78, 5) is 38.2. The Balaban J connectivity index is 0.988. The zero-order chi connectivity index (χ0) is 47.4. The van der Waals surface area contributed by atoms with E-state index in [-0.39, 0.29) is 34.6 Å². The second-order valence-electron chi connectivity index (χ2n) is 18.3. The molecule has 0 bridgehead atoms. The van der Waals surface area contributed by atoms with Crippen molar-refractivity contribution in [3.05, 3.63) is 120 Å². The average molecular weight is 924 g/mol. The van der Waals surface area contributed by atoms with Crippen molar-refractivity contribution in [3.63, 3.8) is 0 Å². The summed E-state index contributed by atoms with van der Waals surface area (Å²) < 4.78 is 36.1. The molecule has 0 atom stereocenters. The van der Waals surface area contributed by atoms with Gasteiger partial charge in [-0.05, 0) is 75.1 Å². The molecule has 0 saturated carbocycles. The molecule has 2 aromatic carbocycles. The molecule has 14 nitrogen and oxygen atoms in total. The third-order valence-corrected chi connectivity index (χ3v) is 13.4. The first kappa shape index (κ1) is 51.4. The second-order valence-corrected chi connectivity index (χ2v) is 19.8. The van der Waals surface area contributed by atoms with E-state index in [0.29, 0.717) is 45.4 Å². The van der Waals surface area contributed by atoms with Crippen LogP contribution < -0.4 is 26.6 Å². The number of aliphatic imine (C=N–C) groups is 1. The highest BCUT2D eigenvalue weighted by Gasteiger charge is 2.43. The Labute approximate surface area is 393 Å². The van der Waals surface area contributed by atoms with Crippen molar-refractivity contribution in [2.75, 3.05) is 43.4 Å². The van der Waals surface area contributed by atoms with Crippen LogP contribution in [0.2, 0.25) is 0 Å². The largest absolute Gasteiger partial charge is 0.748 e. The predicted molar refractivity (Wildman–Crippen MR) is 265 cm³/mol. The summed E-state index contributed by atoms with van der Waals surface area (Å²) in [6, 6.07) is 16.6. The molecule has 1 aromatic heterocycles. The number of aryl methyl sites for hydroxylation is 1. The molecule has 0 radical (unpaired) electrons. The van der Waals surface area contributed by atoms with Crippen LogP contribution >= 0.6 is 0 Å². The Morgan fingerprint density at radius 2 is 1.55 bits per heavy atom. The zero-order valence-corrected chi connectivity index (χ0v) is 40.4. The number of unbranched alkanes of at least 4 members (excludes halogenated alkanes) is 8. The molecule has 3 aromatic rings. The van der Waals surface area contributed by atoms with Crippen molar-refractivity contribution in [3.8, 4) is 0 Å². The predicted octanol–water partition coefficient (Wildman–Crippen LogP) is 7.84. The third kappa shape index (κ3) is 15.5. The zero-order valence-electron chi connectivity index (χ0n) is 39.6. The molecular formula is C51H73N9O5S. The Morgan fingerprint density at radius 3 is 2.29 bits per heavy atom. The Kier molecular flexibility index (Phi) is 19.8. The topological polar surface area (TPSA) is 201 Å². The first-order valence-corrected chi connectivity index (χ1v) is 25.5. The molecule has 0 fully saturated rings.